The van der Waals surface area contributed by atoms with Gasteiger partial charge in [0, 0.05) is 18.3 Å². The summed E-state index contributed by atoms with van der Waals surface area (Å²) in [6.07, 6.45) is 1.94. The van der Waals surface area contributed by atoms with E-state index in [9.17, 15) is 14.9 Å². The van der Waals surface area contributed by atoms with Crippen LogP contribution in [0.2, 0.25) is 0 Å². The minimum atomic E-state index is -0.435. The minimum absolute atomic E-state index is 0.00795. The molecule has 2 rings (SSSR count). The Morgan fingerprint density at radius 2 is 1.92 bits per heavy atom. The van der Waals surface area contributed by atoms with Gasteiger partial charge in [0.1, 0.15) is 11.4 Å². The molecule has 1 N–H and O–H groups in total. The van der Waals surface area contributed by atoms with E-state index in [0.29, 0.717) is 11.4 Å². The van der Waals surface area contributed by atoms with E-state index < -0.39 is 4.92 Å². The predicted molar refractivity (Wildman–Crippen MR) is 96.7 cm³/mol. The lowest BCUT2D eigenvalue weighted by molar-refractivity contribution is -0.386. The third kappa shape index (κ3) is 3.92. The molecule has 2 aromatic heterocycles. The van der Waals surface area contributed by atoms with Gasteiger partial charge in [0.05, 0.1) is 29.1 Å². The predicted octanol–water partition coefficient (Wildman–Crippen LogP) is 2.45. The molecule has 0 bridgehead atoms. The molecule has 9 nitrogen and oxygen atoms in total. The van der Waals surface area contributed by atoms with Gasteiger partial charge in [-0.1, -0.05) is 6.92 Å². The number of nitro groups is 1. The van der Waals surface area contributed by atoms with E-state index >= 15 is 0 Å². The van der Waals surface area contributed by atoms with Crippen LogP contribution < -0.4 is 5.32 Å². The summed E-state index contributed by atoms with van der Waals surface area (Å²) in [7, 11) is 0. The highest BCUT2D eigenvalue weighted by Crippen LogP contribution is 2.23. The van der Waals surface area contributed by atoms with Crippen molar-refractivity contribution in [2.24, 2.45) is 5.92 Å². The maximum atomic E-state index is 12.5. The average Bonchev–Trinajstić information content (AvgIpc) is 3.07. The van der Waals surface area contributed by atoms with E-state index in [0.717, 1.165) is 17.8 Å². The zero-order chi connectivity index (χ0) is 19.6. The second-order valence-corrected chi connectivity index (χ2v) is 6.62. The number of hydrogen-bond acceptors (Lipinski definition) is 5. The lowest BCUT2D eigenvalue weighted by Gasteiger charge is -2.17. The molecule has 0 spiro atoms. The number of carbonyl (C=O) groups is 1. The van der Waals surface area contributed by atoms with Gasteiger partial charge in [0.2, 0.25) is 5.91 Å². The van der Waals surface area contributed by atoms with Crippen LogP contribution in [0.15, 0.2) is 6.20 Å². The molecule has 0 fully saturated rings. The number of aryl methyl sites for hydroxylation is 3. The maximum Gasteiger partial charge on any atom is 0.312 e. The van der Waals surface area contributed by atoms with Gasteiger partial charge in [-0.3, -0.25) is 24.3 Å². The fraction of sp³-hybridized carbons (Fsp3) is 0.588. The summed E-state index contributed by atoms with van der Waals surface area (Å²) >= 11 is 0. The number of hydrogen-bond donors (Lipinski definition) is 1. The molecule has 142 valence electrons. The van der Waals surface area contributed by atoms with Crippen molar-refractivity contribution < 1.29 is 9.72 Å². The average molecular weight is 362 g/mol. The number of carbonyl (C=O) groups excluding carboxylic acids is 1. The number of aromatic nitrogens is 4. The molecule has 2 unspecified atom stereocenters. The molecule has 0 aliphatic carbocycles. The Balaban J connectivity index is 2.07. The van der Waals surface area contributed by atoms with Gasteiger partial charge < -0.3 is 5.32 Å². The van der Waals surface area contributed by atoms with Gasteiger partial charge in [-0.05, 0) is 34.6 Å². The molecule has 0 aliphatic rings. The van der Waals surface area contributed by atoms with E-state index in [1.807, 2.05) is 31.6 Å². The first-order chi connectivity index (χ1) is 12.1. The lowest BCUT2D eigenvalue weighted by Crippen LogP contribution is -2.34. The molecule has 0 saturated heterocycles. The highest BCUT2D eigenvalue weighted by atomic mass is 16.6. The van der Waals surface area contributed by atoms with Crippen molar-refractivity contribution in [3.8, 4) is 0 Å². The smallest absolute Gasteiger partial charge is 0.312 e. The first kappa shape index (κ1) is 19.6. The Hall–Kier alpha value is -2.71. The van der Waals surface area contributed by atoms with E-state index in [1.165, 1.54) is 4.68 Å². The SMILES string of the molecule is CCn1cc(C(C)NC(=O)C(C)Cn2nc(C)c([N+](=O)[O-])c2C)c(C)n1. The normalized spacial score (nSPS) is 13.5. The topological polar surface area (TPSA) is 108 Å². The van der Waals surface area contributed by atoms with Crippen molar-refractivity contribution in [2.75, 3.05) is 0 Å². The molecule has 0 aromatic carbocycles. The molecule has 26 heavy (non-hydrogen) atoms. The van der Waals surface area contributed by atoms with Crippen molar-refractivity contribution in [1.29, 1.82) is 0 Å². The molecule has 2 atom stereocenters. The van der Waals surface area contributed by atoms with Crippen LogP contribution in [-0.2, 0) is 17.9 Å². The van der Waals surface area contributed by atoms with Gasteiger partial charge >= 0.3 is 5.69 Å². The fourth-order valence-corrected chi connectivity index (χ4v) is 3.03. The summed E-state index contributed by atoms with van der Waals surface area (Å²) in [6, 6.07) is -0.167. The summed E-state index contributed by atoms with van der Waals surface area (Å²) in [6.45, 7) is 11.9. The van der Waals surface area contributed by atoms with Crippen LogP contribution in [0.25, 0.3) is 0 Å². The summed E-state index contributed by atoms with van der Waals surface area (Å²) in [5, 5.41) is 22.7. The summed E-state index contributed by atoms with van der Waals surface area (Å²) in [5.41, 5.74) is 2.69. The Morgan fingerprint density at radius 3 is 2.42 bits per heavy atom. The Kier molecular flexibility index (Phi) is 5.79. The summed E-state index contributed by atoms with van der Waals surface area (Å²) < 4.78 is 3.37. The molecular weight excluding hydrogens is 336 g/mol. The van der Waals surface area contributed by atoms with E-state index in [4.69, 9.17) is 0 Å². The van der Waals surface area contributed by atoms with Crippen LogP contribution in [0.1, 0.15) is 49.5 Å². The van der Waals surface area contributed by atoms with E-state index in [2.05, 4.69) is 15.5 Å². The zero-order valence-corrected chi connectivity index (χ0v) is 16.1. The van der Waals surface area contributed by atoms with Gasteiger partial charge in [-0.15, -0.1) is 0 Å². The van der Waals surface area contributed by atoms with Crippen molar-refractivity contribution in [2.45, 2.75) is 60.7 Å². The molecular formula is C17H26N6O3. The molecule has 0 saturated carbocycles. The largest absolute Gasteiger partial charge is 0.349 e. The molecule has 2 heterocycles. The third-order valence-electron chi connectivity index (χ3n) is 4.55. The Morgan fingerprint density at radius 1 is 1.27 bits per heavy atom. The minimum Gasteiger partial charge on any atom is -0.349 e. The van der Waals surface area contributed by atoms with E-state index in [1.54, 1.807) is 20.8 Å². The van der Waals surface area contributed by atoms with Crippen molar-refractivity contribution in [1.82, 2.24) is 24.9 Å². The second-order valence-electron chi connectivity index (χ2n) is 6.62. The lowest BCUT2D eigenvalue weighted by atomic mass is 10.1. The van der Waals surface area contributed by atoms with Gasteiger partial charge in [-0.25, -0.2) is 0 Å². The first-order valence-corrected chi connectivity index (χ1v) is 8.68. The number of rotatable bonds is 7. The van der Waals surface area contributed by atoms with Crippen molar-refractivity contribution >= 4 is 11.6 Å². The van der Waals surface area contributed by atoms with Crippen LogP contribution in [0, 0.1) is 36.8 Å². The van der Waals surface area contributed by atoms with Gasteiger partial charge in [0.25, 0.3) is 0 Å². The first-order valence-electron chi connectivity index (χ1n) is 8.68. The molecule has 0 radical (unpaired) electrons. The third-order valence-corrected chi connectivity index (χ3v) is 4.55. The Bertz CT molecular complexity index is 823. The Labute approximate surface area is 152 Å². The molecule has 1 amide bonds. The quantitative estimate of drug-likeness (QED) is 0.601. The summed E-state index contributed by atoms with van der Waals surface area (Å²) in [4.78, 5) is 23.2. The van der Waals surface area contributed by atoms with Crippen molar-refractivity contribution in [3.05, 3.63) is 39.0 Å². The van der Waals surface area contributed by atoms with Crippen LogP contribution >= 0.6 is 0 Å². The summed E-state index contributed by atoms with van der Waals surface area (Å²) in [5.74, 6) is -0.507. The zero-order valence-electron chi connectivity index (χ0n) is 16.1. The van der Waals surface area contributed by atoms with Crippen molar-refractivity contribution in [3.63, 3.8) is 0 Å². The van der Waals surface area contributed by atoms with Gasteiger partial charge in [-0.2, -0.15) is 10.2 Å². The van der Waals surface area contributed by atoms with Gasteiger partial charge in [0.15, 0.2) is 0 Å². The molecule has 2 aromatic rings. The van der Waals surface area contributed by atoms with Crippen LogP contribution in [0.3, 0.4) is 0 Å². The van der Waals surface area contributed by atoms with Crippen LogP contribution in [0.5, 0.6) is 0 Å². The second kappa shape index (κ2) is 7.67. The highest BCUT2D eigenvalue weighted by molar-refractivity contribution is 5.78. The monoisotopic (exact) mass is 362 g/mol. The number of nitrogens with one attached hydrogen (secondary N) is 1. The molecule has 9 heteroatoms. The molecule has 0 aliphatic heterocycles. The van der Waals surface area contributed by atoms with Crippen LogP contribution in [0.4, 0.5) is 5.69 Å². The maximum absolute atomic E-state index is 12.5. The number of nitrogens with zero attached hydrogens (tertiary/aromatic N) is 5. The van der Waals surface area contributed by atoms with Crippen LogP contribution in [-0.4, -0.2) is 30.4 Å². The standard InChI is InChI=1S/C17H26N6O3/c1-7-21-9-15(12(4)19-21)11(3)18-17(24)10(2)8-22-14(6)16(23(25)26)13(5)20-22/h9-11H,7-8H2,1-6H3,(H,18,24). The fourth-order valence-electron chi connectivity index (χ4n) is 3.03. The number of amides is 1. The highest BCUT2D eigenvalue weighted by Gasteiger charge is 2.25. The van der Waals surface area contributed by atoms with E-state index in [-0.39, 0.29) is 30.1 Å².